The SMILES string of the molecule is CC(CS)C(=O)N1C[C@@H](Sc2ccccc2)C[C@H]1C(=O)O. The predicted molar refractivity (Wildman–Crippen MR) is 86.9 cm³/mol. The van der Waals surface area contributed by atoms with E-state index < -0.39 is 12.0 Å². The summed E-state index contributed by atoms with van der Waals surface area (Å²) in [5.74, 6) is -0.867. The molecule has 1 fully saturated rings. The second kappa shape index (κ2) is 7.22. The molecule has 4 nitrogen and oxygen atoms in total. The van der Waals surface area contributed by atoms with Gasteiger partial charge in [-0.05, 0) is 18.6 Å². The van der Waals surface area contributed by atoms with Crippen molar-refractivity contribution < 1.29 is 14.7 Å². The van der Waals surface area contributed by atoms with Crippen LogP contribution in [0.2, 0.25) is 0 Å². The molecular formula is C15H19NO3S2. The van der Waals surface area contributed by atoms with Gasteiger partial charge in [0.05, 0.1) is 0 Å². The maximum absolute atomic E-state index is 12.3. The lowest BCUT2D eigenvalue weighted by molar-refractivity contribution is -0.149. The maximum atomic E-state index is 12.3. The Morgan fingerprint density at radius 2 is 2.10 bits per heavy atom. The van der Waals surface area contributed by atoms with Crippen LogP contribution in [0.1, 0.15) is 13.3 Å². The van der Waals surface area contributed by atoms with Crippen LogP contribution in [0.3, 0.4) is 0 Å². The molecule has 0 bridgehead atoms. The highest BCUT2D eigenvalue weighted by atomic mass is 32.2. The first kappa shape index (κ1) is 16.2. The number of likely N-dealkylation sites (tertiary alicyclic amines) is 1. The molecule has 1 aromatic carbocycles. The summed E-state index contributed by atoms with van der Waals surface area (Å²) in [6.45, 7) is 2.26. The summed E-state index contributed by atoms with van der Waals surface area (Å²) < 4.78 is 0. The lowest BCUT2D eigenvalue weighted by Crippen LogP contribution is -2.43. The van der Waals surface area contributed by atoms with Gasteiger partial charge in [0, 0.05) is 28.4 Å². The van der Waals surface area contributed by atoms with Crippen LogP contribution in [0.5, 0.6) is 0 Å². The van der Waals surface area contributed by atoms with Crippen LogP contribution in [-0.2, 0) is 9.59 Å². The quantitative estimate of drug-likeness (QED) is 0.816. The molecule has 1 saturated heterocycles. The van der Waals surface area contributed by atoms with E-state index in [2.05, 4.69) is 12.6 Å². The molecule has 0 saturated carbocycles. The van der Waals surface area contributed by atoms with Gasteiger partial charge < -0.3 is 10.0 Å². The molecule has 1 aliphatic heterocycles. The molecular weight excluding hydrogens is 306 g/mol. The van der Waals surface area contributed by atoms with Gasteiger partial charge in [0.1, 0.15) is 6.04 Å². The Bertz CT molecular complexity index is 509. The molecule has 21 heavy (non-hydrogen) atoms. The van der Waals surface area contributed by atoms with E-state index in [0.29, 0.717) is 18.7 Å². The summed E-state index contributed by atoms with van der Waals surface area (Å²) in [6, 6.07) is 9.14. The van der Waals surface area contributed by atoms with Crippen LogP contribution >= 0.6 is 24.4 Å². The summed E-state index contributed by atoms with van der Waals surface area (Å²) >= 11 is 5.77. The highest BCUT2D eigenvalue weighted by Crippen LogP contribution is 2.33. The number of benzene rings is 1. The minimum absolute atomic E-state index is 0.115. The number of nitrogens with zero attached hydrogens (tertiary/aromatic N) is 1. The highest BCUT2D eigenvalue weighted by Gasteiger charge is 2.40. The zero-order valence-corrected chi connectivity index (χ0v) is 13.5. The van der Waals surface area contributed by atoms with Gasteiger partial charge in [0.15, 0.2) is 0 Å². The first-order chi connectivity index (χ1) is 10.0. The van der Waals surface area contributed by atoms with Crippen molar-refractivity contribution in [2.75, 3.05) is 12.3 Å². The van der Waals surface area contributed by atoms with Crippen molar-refractivity contribution in [3.8, 4) is 0 Å². The van der Waals surface area contributed by atoms with Gasteiger partial charge in [-0.3, -0.25) is 4.79 Å². The Morgan fingerprint density at radius 3 is 2.67 bits per heavy atom. The van der Waals surface area contributed by atoms with E-state index in [0.717, 1.165) is 4.90 Å². The molecule has 1 amide bonds. The number of thioether (sulfide) groups is 1. The number of aliphatic carboxylic acids is 1. The van der Waals surface area contributed by atoms with Crippen molar-refractivity contribution >= 4 is 36.3 Å². The molecule has 3 atom stereocenters. The van der Waals surface area contributed by atoms with Crippen molar-refractivity contribution in [3.05, 3.63) is 30.3 Å². The molecule has 1 unspecified atom stereocenters. The molecule has 1 aliphatic rings. The van der Waals surface area contributed by atoms with Gasteiger partial charge in [-0.25, -0.2) is 4.79 Å². The molecule has 1 heterocycles. The van der Waals surface area contributed by atoms with Crippen LogP contribution in [0.25, 0.3) is 0 Å². The van der Waals surface area contributed by atoms with Crippen molar-refractivity contribution in [3.63, 3.8) is 0 Å². The van der Waals surface area contributed by atoms with E-state index in [1.165, 1.54) is 4.90 Å². The van der Waals surface area contributed by atoms with Crippen molar-refractivity contribution in [1.82, 2.24) is 4.90 Å². The van der Waals surface area contributed by atoms with Gasteiger partial charge in [0.25, 0.3) is 0 Å². The van der Waals surface area contributed by atoms with Crippen LogP contribution in [0, 0.1) is 5.92 Å². The zero-order valence-electron chi connectivity index (χ0n) is 11.8. The van der Waals surface area contributed by atoms with E-state index in [1.54, 1.807) is 18.7 Å². The van der Waals surface area contributed by atoms with Crippen LogP contribution in [-0.4, -0.2) is 45.5 Å². The molecule has 0 aliphatic carbocycles. The number of hydrogen-bond donors (Lipinski definition) is 2. The smallest absolute Gasteiger partial charge is 0.326 e. The number of hydrogen-bond acceptors (Lipinski definition) is 4. The number of carbonyl (C=O) groups is 2. The molecule has 2 rings (SSSR count). The van der Waals surface area contributed by atoms with Crippen LogP contribution in [0.4, 0.5) is 0 Å². The Labute approximate surface area is 134 Å². The number of carboxylic acid groups (broad SMARTS) is 1. The zero-order chi connectivity index (χ0) is 15.4. The monoisotopic (exact) mass is 325 g/mol. The Balaban J connectivity index is 2.08. The highest BCUT2D eigenvalue weighted by molar-refractivity contribution is 8.00. The average molecular weight is 325 g/mol. The first-order valence-corrected chi connectivity index (χ1v) is 8.40. The van der Waals surface area contributed by atoms with Crippen molar-refractivity contribution in [2.45, 2.75) is 29.5 Å². The van der Waals surface area contributed by atoms with E-state index in [4.69, 9.17) is 0 Å². The lowest BCUT2D eigenvalue weighted by Gasteiger charge is -2.24. The second-order valence-corrected chi connectivity index (χ2v) is 6.96. The molecule has 1 aromatic rings. The minimum Gasteiger partial charge on any atom is -0.480 e. The largest absolute Gasteiger partial charge is 0.480 e. The van der Waals surface area contributed by atoms with Crippen molar-refractivity contribution in [1.29, 1.82) is 0 Å². The van der Waals surface area contributed by atoms with Gasteiger partial charge in [0.2, 0.25) is 5.91 Å². The number of amides is 1. The van der Waals surface area contributed by atoms with Crippen LogP contribution in [0.15, 0.2) is 35.2 Å². The van der Waals surface area contributed by atoms with E-state index >= 15 is 0 Å². The lowest BCUT2D eigenvalue weighted by atomic mass is 10.1. The fraction of sp³-hybridized carbons (Fsp3) is 0.467. The Kier molecular flexibility index (Phi) is 5.58. The minimum atomic E-state index is -0.925. The third-order valence-corrected chi connectivity index (χ3v) is 5.34. The normalized spacial score (nSPS) is 23.0. The second-order valence-electron chi connectivity index (χ2n) is 5.22. The number of carboxylic acids is 1. The molecule has 0 aromatic heterocycles. The summed E-state index contributed by atoms with van der Waals surface area (Å²) in [5.41, 5.74) is 0. The first-order valence-electron chi connectivity index (χ1n) is 6.88. The van der Waals surface area contributed by atoms with E-state index in [-0.39, 0.29) is 17.1 Å². The third kappa shape index (κ3) is 3.95. The Morgan fingerprint density at radius 1 is 1.43 bits per heavy atom. The van der Waals surface area contributed by atoms with Gasteiger partial charge in [-0.2, -0.15) is 12.6 Å². The topological polar surface area (TPSA) is 57.6 Å². The molecule has 6 heteroatoms. The third-order valence-electron chi connectivity index (χ3n) is 3.57. The van der Waals surface area contributed by atoms with Crippen LogP contribution < -0.4 is 0 Å². The summed E-state index contributed by atoms with van der Waals surface area (Å²) in [4.78, 5) is 26.3. The fourth-order valence-electron chi connectivity index (χ4n) is 2.41. The standard InChI is InChI=1S/C15H19NO3S2/c1-10(9-20)14(17)16-8-12(7-13(16)15(18)19)21-11-5-3-2-4-6-11/h2-6,10,12-13,20H,7-9H2,1H3,(H,18,19)/t10?,12-,13-/m0/s1. The summed E-state index contributed by atoms with van der Waals surface area (Å²) in [6.07, 6.45) is 0.486. The van der Waals surface area contributed by atoms with Crippen molar-refractivity contribution in [2.24, 2.45) is 5.92 Å². The van der Waals surface area contributed by atoms with E-state index in [1.807, 2.05) is 30.3 Å². The molecule has 114 valence electrons. The van der Waals surface area contributed by atoms with Gasteiger partial charge in [-0.1, -0.05) is 25.1 Å². The average Bonchev–Trinajstić information content (AvgIpc) is 2.90. The fourth-order valence-corrected chi connectivity index (χ4v) is 3.78. The Hall–Kier alpha value is -1.14. The molecule has 0 spiro atoms. The summed E-state index contributed by atoms with van der Waals surface area (Å²) in [5, 5.41) is 9.46. The summed E-state index contributed by atoms with van der Waals surface area (Å²) in [7, 11) is 0. The van der Waals surface area contributed by atoms with E-state index in [9.17, 15) is 14.7 Å². The van der Waals surface area contributed by atoms with Gasteiger partial charge >= 0.3 is 5.97 Å². The predicted octanol–water partition coefficient (Wildman–Crippen LogP) is 2.40. The number of rotatable bonds is 5. The van der Waals surface area contributed by atoms with Gasteiger partial charge in [-0.15, -0.1) is 11.8 Å². The number of thiol groups is 1. The molecule has 0 radical (unpaired) electrons. The molecule has 1 N–H and O–H groups in total. The maximum Gasteiger partial charge on any atom is 0.326 e. The number of carbonyl (C=O) groups excluding carboxylic acids is 1.